The summed E-state index contributed by atoms with van der Waals surface area (Å²) in [4.78, 5) is 11.5. The van der Waals surface area contributed by atoms with Gasteiger partial charge in [-0.1, -0.05) is 25.1 Å². The average molecular weight is 279 g/mol. The summed E-state index contributed by atoms with van der Waals surface area (Å²) in [6.07, 6.45) is 0.969. The van der Waals surface area contributed by atoms with Crippen molar-refractivity contribution in [1.29, 1.82) is 0 Å². The molecule has 1 aromatic rings. The van der Waals surface area contributed by atoms with Gasteiger partial charge in [-0.25, -0.2) is 4.79 Å². The number of para-hydroxylation sites is 1. The Labute approximate surface area is 121 Å². The first kappa shape index (κ1) is 16.5. The largest absolute Gasteiger partial charge is 0.481 e. The maximum absolute atomic E-state index is 11.5. The van der Waals surface area contributed by atoms with E-state index in [1.54, 1.807) is 0 Å². The van der Waals surface area contributed by atoms with Crippen LogP contribution in [0.2, 0.25) is 0 Å². The molecule has 0 aliphatic rings. The van der Waals surface area contributed by atoms with Crippen molar-refractivity contribution in [2.75, 3.05) is 13.2 Å². The first-order chi connectivity index (χ1) is 9.54. The summed E-state index contributed by atoms with van der Waals surface area (Å²) in [6.45, 7) is 9.41. The number of hydrogen-bond donors (Lipinski definition) is 1. The van der Waals surface area contributed by atoms with Crippen molar-refractivity contribution in [2.45, 2.75) is 46.8 Å². The first-order valence-electron chi connectivity index (χ1n) is 7.16. The number of rotatable bonds is 8. The molecule has 0 spiro atoms. The van der Waals surface area contributed by atoms with E-state index in [4.69, 9.17) is 9.47 Å². The Morgan fingerprint density at radius 2 is 2.10 bits per heavy atom. The lowest BCUT2D eigenvalue weighted by atomic mass is 10.1. The molecule has 0 saturated carbocycles. The minimum absolute atomic E-state index is 0.0518. The number of nitrogens with one attached hydrogen (secondary N) is 1. The normalized spacial score (nSPS) is 10.7. The molecular weight excluding hydrogens is 254 g/mol. The third kappa shape index (κ3) is 5.61. The summed E-state index contributed by atoms with van der Waals surface area (Å²) in [5, 5.41) is 3.34. The maximum atomic E-state index is 11.5. The van der Waals surface area contributed by atoms with Gasteiger partial charge in [0.1, 0.15) is 5.75 Å². The second kappa shape index (κ2) is 8.59. The highest BCUT2D eigenvalue weighted by Crippen LogP contribution is 2.23. The van der Waals surface area contributed by atoms with Gasteiger partial charge in [-0.15, -0.1) is 0 Å². The van der Waals surface area contributed by atoms with Gasteiger partial charge in [0.25, 0.3) is 0 Å². The highest BCUT2D eigenvalue weighted by molar-refractivity contribution is 5.71. The number of hydrogen-bond acceptors (Lipinski definition) is 4. The van der Waals surface area contributed by atoms with Gasteiger partial charge in [-0.05, 0) is 39.3 Å². The summed E-state index contributed by atoms with van der Waals surface area (Å²) in [6, 6.07) is 5.99. The van der Waals surface area contributed by atoms with Crippen molar-refractivity contribution < 1.29 is 14.3 Å². The van der Waals surface area contributed by atoms with E-state index in [0.717, 1.165) is 36.4 Å². The van der Waals surface area contributed by atoms with Crippen molar-refractivity contribution >= 4 is 5.97 Å². The standard InChI is InChI=1S/C16H25NO3/c1-5-9-17-10-14-8-6-7-13(4)16(14)19-11-15(18)20-12(2)3/h6-8,12,17H,5,9-11H2,1-4H3. The zero-order chi connectivity index (χ0) is 15.0. The Kier molecular flexibility index (Phi) is 7.09. The van der Waals surface area contributed by atoms with Crippen LogP contribution in [0.15, 0.2) is 18.2 Å². The van der Waals surface area contributed by atoms with E-state index in [1.165, 1.54) is 0 Å². The zero-order valence-corrected chi connectivity index (χ0v) is 12.9. The quantitative estimate of drug-likeness (QED) is 0.587. The van der Waals surface area contributed by atoms with Gasteiger partial charge in [0, 0.05) is 12.1 Å². The predicted octanol–water partition coefficient (Wildman–Crippen LogP) is 2.83. The summed E-state index contributed by atoms with van der Waals surface area (Å²) in [7, 11) is 0. The molecule has 0 amide bonds. The Hall–Kier alpha value is -1.55. The van der Waals surface area contributed by atoms with Crippen LogP contribution in [0, 0.1) is 6.92 Å². The molecule has 0 aromatic heterocycles. The Bertz CT molecular complexity index is 430. The lowest BCUT2D eigenvalue weighted by Gasteiger charge is -2.15. The molecule has 4 heteroatoms. The topological polar surface area (TPSA) is 47.6 Å². The lowest BCUT2D eigenvalue weighted by Crippen LogP contribution is -2.20. The van der Waals surface area contributed by atoms with Gasteiger partial charge in [0.2, 0.25) is 0 Å². The van der Waals surface area contributed by atoms with E-state index in [1.807, 2.05) is 39.0 Å². The number of aryl methyl sites for hydroxylation is 1. The minimum Gasteiger partial charge on any atom is -0.481 e. The van der Waals surface area contributed by atoms with E-state index in [-0.39, 0.29) is 18.7 Å². The molecule has 112 valence electrons. The number of benzene rings is 1. The van der Waals surface area contributed by atoms with Crippen LogP contribution in [-0.2, 0) is 16.1 Å². The van der Waals surface area contributed by atoms with Crippen molar-refractivity contribution in [2.24, 2.45) is 0 Å². The summed E-state index contributed by atoms with van der Waals surface area (Å²) in [5.41, 5.74) is 2.09. The number of ether oxygens (including phenoxy) is 2. The van der Waals surface area contributed by atoms with Gasteiger partial charge < -0.3 is 14.8 Å². The molecule has 0 radical (unpaired) electrons. The second-order valence-corrected chi connectivity index (χ2v) is 5.07. The highest BCUT2D eigenvalue weighted by Gasteiger charge is 2.11. The van der Waals surface area contributed by atoms with Gasteiger partial charge in [-0.2, -0.15) is 0 Å². The molecule has 0 heterocycles. The van der Waals surface area contributed by atoms with Gasteiger partial charge in [-0.3, -0.25) is 0 Å². The van der Waals surface area contributed by atoms with E-state index in [0.29, 0.717) is 0 Å². The maximum Gasteiger partial charge on any atom is 0.344 e. The average Bonchev–Trinajstić information content (AvgIpc) is 2.37. The van der Waals surface area contributed by atoms with Crippen molar-refractivity contribution in [3.05, 3.63) is 29.3 Å². The molecule has 1 N–H and O–H groups in total. The molecule has 0 aliphatic carbocycles. The smallest absolute Gasteiger partial charge is 0.344 e. The van der Waals surface area contributed by atoms with Crippen LogP contribution < -0.4 is 10.1 Å². The molecule has 0 bridgehead atoms. The monoisotopic (exact) mass is 279 g/mol. The fourth-order valence-corrected chi connectivity index (χ4v) is 1.89. The Morgan fingerprint density at radius 1 is 1.35 bits per heavy atom. The minimum atomic E-state index is -0.337. The molecule has 0 fully saturated rings. The second-order valence-electron chi connectivity index (χ2n) is 5.07. The molecule has 1 rings (SSSR count). The van der Waals surface area contributed by atoms with Crippen molar-refractivity contribution in [3.63, 3.8) is 0 Å². The van der Waals surface area contributed by atoms with Crippen molar-refractivity contribution in [1.82, 2.24) is 5.32 Å². The van der Waals surface area contributed by atoms with E-state index < -0.39 is 0 Å². The van der Waals surface area contributed by atoms with Crippen LogP contribution >= 0.6 is 0 Å². The predicted molar refractivity (Wildman–Crippen MR) is 79.9 cm³/mol. The fraction of sp³-hybridized carbons (Fsp3) is 0.562. The van der Waals surface area contributed by atoms with E-state index in [9.17, 15) is 4.79 Å². The van der Waals surface area contributed by atoms with Crippen LogP contribution in [0.5, 0.6) is 5.75 Å². The van der Waals surface area contributed by atoms with Crippen LogP contribution in [0.25, 0.3) is 0 Å². The number of carbonyl (C=O) groups is 1. The lowest BCUT2D eigenvalue weighted by molar-refractivity contribution is -0.149. The summed E-state index contributed by atoms with van der Waals surface area (Å²) in [5.74, 6) is 0.438. The third-order valence-electron chi connectivity index (χ3n) is 2.74. The third-order valence-corrected chi connectivity index (χ3v) is 2.74. The van der Waals surface area contributed by atoms with Crippen LogP contribution in [-0.4, -0.2) is 25.2 Å². The first-order valence-corrected chi connectivity index (χ1v) is 7.16. The van der Waals surface area contributed by atoms with Gasteiger partial charge in [0.05, 0.1) is 6.10 Å². The highest BCUT2D eigenvalue weighted by atomic mass is 16.6. The summed E-state index contributed by atoms with van der Waals surface area (Å²) >= 11 is 0. The molecule has 4 nitrogen and oxygen atoms in total. The Morgan fingerprint density at radius 3 is 2.75 bits per heavy atom. The number of carbonyl (C=O) groups excluding carboxylic acids is 1. The van der Waals surface area contributed by atoms with Gasteiger partial charge >= 0.3 is 5.97 Å². The van der Waals surface area contributed by atoms with E-state index >= 15 is 0 Å². The van der Waals surface area contributed by atoms with Crippen LogP contribution in [0.1, 0.15) is 38.3 Å². The molecule has 0 aliphatic heterocycles. The van der Waals surface area contributed by atoms with Crippen molar-refractivity contribution in [3.8, 4) is 5.75 Å². The fourth-order valence-electron chi connectivity index (χ4n) is 1.89. The van der Waals surface area contributed by atoms with Crippen LogP contribution in [0.4, 0.5) is 0 Å². The van der Waals surface area contributed by atoms with Gasteiger partial charge in [0.15, 0.2) is 6.61 Å². The molecule has 0 unspecified atom stereocenters. The molecule has 0 atom stereocenters. The summed E-state index contributed by atoms with van der Waals surface area (Å²) < 4.78 is 10.7. The molecule has 0 saturated heterocycles. The van der Waals surface area contributed by atoms with Crippen LogP contribution in [0.3, 0.4) is 0 Å². The SMILES string of the molecule is CCCNCc1cccc(C)c1OCC(=O)OC(C)C. The molecular formula is C16H25NO3. The Balaban J connectivity index is 2.65. The number of esters is 1. The molecule has 1 aromatic carbocycles. The van der Waals surface area contributed by atoms with E-state index in [2.05, 4.69) is 12.2 Å². The molecule has 20 heavy (non-hydrogen) atoms. The zero-order valence-electron chi connectivity index (χ0n) is 12.9.